The summed E-state index contributed by atoms with van der Waals surface area (Å²) in [5.74, 6) is -0.404. The Balaban J connectivity index is 1.81. The number of anilines is 1. The van der Waals surface area contributed by atoms with Crippen molar-refractivity contribution in [3.63, 3.8) is 0 Å². The van der Waals surface area contributed by atoms with Crippen molar-refractivity contribution >= 4 is 34.0 Å². The summed E-state index contributed by atoms with van der Waals surface area (Å²) in [4.78, 5) is 39.1. The molecule has 0 saturated carbocycles. The molecule has 1 aromatic heterocycles. The number of para-hydroxylation sites is 1. The minimum atomic E-state index is -0.623. The highest BCUT2D eigenvalue weighted by Gasteiger charge is 2.20. The summed E-state index contributed by atoms with van der Waals surface area (Å²) in [5, 5.41) is 15.6. The predicted molar refractivity (Wildman–Crippen MR) is 110 cm³/mol. The van der Waals surface area contributed by atoms with E-state index in [1.807, 2.05) is 6.07 Å². The van der Waals surface area contributed by atoms with E-state index in [2.05, 4.69) is 10.3 Å². The molecule has 1 amide bonds. The molecule has 0 fully saturated rings. The van der Waals surface area contributed by atoms with E-state index >= 15 is 0 Å². The Kier molecular flexibility index (Phi) is 6.71. The third-order valence-electron chi connectivity index (χ3n) is 3.79. The lowest BCUT2D eigenvalue weighted by molar-refractivity contribution is -0.384. The van der Waals surface area contributed by atoms with Crippen LogP contribution in [0.4, 0.5) is 10.8 Å². The Morgan fingerprint density at radius 2 is 1.97 bits per heavy atom. The summed E-state index contributed by atoms with van der Waals surface area (Å²) in [7, 11) is 0. The number of carbonyl (C=O) groups excluding carboxylic acids is 2. The third kappa shape index (κ3) is 5.39. The van der Waals surface area contributed by atoms with E-state index in [4.69, 9.17) is 9.47 Å². The zero-order valence-corrected chi connectivity index (χ0v) is 16.7. The van der Waals surface area contributed by atoms with Crippen LogP contribution < -0.4 is 10.1 Å². The van der Waals surface area contributed by atoms with Crippen molar-refractivity contribution in [2.75, 3.05) is 11.9 Å². The Bertz CT molecular complexity index is 1070. The van der Waals surface area contributed by atoms with Crippen LogP contribution >= 0.6 is 11.3 Å². The van der Waals surface area contributed by atoms with Crippen molar-refractivity contribution in [3.05, 3.63) is 75.3 Å². The van der Waals surface area contributed by atoms with E-state index in [1.165, 1.54) is 12.1 Å². The number of nitrogens with one attached hydrogen (secondary N) is 1. The smallest absolute Gasteiger partial charge is 0.311 e. The minimum absolute atomic E-state index is 0.0145. The summed E-state index contributed by atoms with van der Waals surface area (Å²) in [6, 6.07) is 12.5. The maximum Gasteiger partial charge on any atom is 0.311 e. The number of ether oxygens (including phenoxy) is 2. The van der Waals surface area contributed by atoms with Gasteiger partial charge in [-0.05, 0) is 25.1 Å². The van der Waals surface area contributed by atoms with Crippen LogP contribution in [0.2, 0.25) is 0 Å². The highest BCUT2D eigenvalue weighted by atomic mass is 32.1. The fourth-order valence-electron chi connectivity index (χ4n) is 2.48. The highest BCUT2D eigenvalue weighted by Crippen LogP contribution is 2.30. The van der Waals surface area contributed by atoms with Gasteiger partial charge in [-0.15, -0.1) is 11.3 Å². The molecule has 0 aliphatic rings. The molecule has 2 aromatic carbocycles. The number of esters is 1. The van der Waals surface area contributed by atoms with Crippen LogP contribution in [-0.4, -0.2) is 28.4 Å². The van der Waals surface area contributed by atoms with Gasteiger partial charge in [-0.25, -0.2) is 4.98 Å². The molecule has 0 aliphatic heterocycles. The number of nitro groups is 1. The first-order valence-electron chi connectivity index (χ1n) is 8.89. The molecule has 1 heterocycles. The van der Waals surface area contributed by atoms with Crippen LogP contribution in [0.5, 0.6) is 11.5 Å². The number of hydrogen-bond donors (Lipinski definition) is 1. The molecule has 154 valence electrons. The quantitative estimate of drug-likeness (QED) is 0.325. The average molecular weight is 427 g/mol. The summed E-state index contributed by atoms with van der Waals surface area (Å²) < 4.78 is 10.6. The summed E-state index contributed by atoms with van der Waals surface area (Å²) >= 11 is 1.13. The van der Waals surface area contributed by atoms with Gasteiger partial charge in [0.2, 0.25) is 0 Å². The van der Waals surface area contributed by atoms with E-state index in [9.17, 15) is 19.7 Å². The van der Waals surface area contributed by atoms with E-state index in [0.717, 1.165) is 17.4 Å². The van der Waals surface area contributed by atoms with Crippen molar-refractivity contribution in [3.8, 4) is 11.5 Å². The Morgan fingerprint density at radius 1 is 1.20 bits per heavy atom. The number of nitrogens with zero attached hydrogens (tertiary/aromatic N) is 2. The lowest BCUT2D eigenvalue weighted by Crippen LogP contribution is -2.14. The molecule has 1 N–H and O–H groups in total. The Hall–Kier alpha value is -3.79. The van der Waals surface area contributed by atoms with Crippen LogP contribution in [0.25, 0.3) is 0 Å². The molecular weight excluding hydrogens is 410 g/mol. The van der Waals surface area contributed by atoms with Gasteiger partial charge in [-0.3, -0.25) is 25.0 Å². The van der Waals surface area contributed by atoms with Gasteiger partial charge in [0.15, 0.2) is 5.13 Å². The van der Waals surface area contributed by atoms with Gasteiger partial charge in [-0.2, -0.15) is 0 Å². The summed E-state index contributed by atoms with van der Waals surface area (Å²) in [5.41, 5.74) is 0.187. The SMILES string of the molecule is CCOC(=O)Cc1csc(NC(=O)c2cc([N+](=O)[O-])ccc2Oc2ccccc2)n1. The predicted octanol–water partition coefficient (Wildman–Crippen LogP) is 4.20. The van der Waals surface area contributed by atoms with E-state index < -0.39 is 16.8 Å². The zero-order valence-electron chi connectivity index (χ0n) is 15.9. The molecule has 0 bridgehead atoms. The van der Waals surface area contributed by atoms with Crippen LogP contribution in [0, 0.1) is 10.1 Å². The van der Waals surface area contributed by atoms with Crippen LogP contribution in [-0.2, 0) is 16.0 Å². The van der Waals surface area contributed by atoms with Crippen LogP contribution in [0.15, 0.2) is 53.9 Å². The molecular formula is C20H17N3O6S. The van der Waals surface area contributed by atoms with E-state index in [1.54, 1.807) is 36.6 Å². The summed E-state index contributed by atoms with van der Waals surface area (Å²) in [6.45, 7) is 1.97. The molecule has 3 rings (SSSR count). The van der Waals surface area contributed by atoms with Crippen molar-refractivity contribution < 1.29 is 24.0 Å². The molecule has 10 heteroatoms. The molecule has 3 aromatic rings. The number of non-ortho nitro benzene ring substituents is 1. The maximum absolute atomic E-state index is 12.8. The molecule has 0 radical (unpaired) electrons. The molecule has 0 saturated heterocycles. The van der Waals surface area contributed by atoms with Gasteiger partial charge in [0.25, 0.3) is 11.6 Å². The normalized spacial score (nSPS) is 10.3. The van der Waals surface area contributed by atoms with Gasteiger partial charge < -0.3 is 9.47 Å². The first-order valence-corrected chi connectivity index (χ1v) is 9.77. The third-order valence-corrected chi connectivity index (χ3v) is 4.60. The van der Waals surface area contributed by atoms with E-state index in [-0.39, 0.29) is 35.2 Å². The molecule has 0 aliphatic carbocycles. The number of hydrogen-bond acceptors (Lipinski definition) is 8. The van der Waals surface area contributed by atoms with Gasteiger partial charge in [0.05, 0.1) is 29.2 Å². The lowest BCUT2D eigenvalue weighted by Gasteiger charge is -2.10. The molecule has 0 atom stereocenters. The fraction of sp³-hybridized carbons (Fsp3) is 0.150. The second-order valence-corrected chi connectivity index (χ2v) is 6.79. The van der Waals surface area contributed by atoms with Crippen molar-refractivity contribution in [1.82, 2.24) is 4.98 Å². The van der Waals surface area contributed by atoms with Gasteiger partial charge in [0, 0.05) is 17.5 Å². The largest absolute Gasteiger partial charge is 0.466 e. The minimum Gasteiger partial charge on any atom is -0.466 e. The number of benzene rings is 2. The van der Waals surface area contributed by atoms with Gasteiger partial charge in [-0.1, -0.05) is 18.2 Å². The van der Waals surface area contributed by atoms with Crippen molar-refractivity contribution in [1.29, 1.82) is 0 Å². The standard InChI is InChI=1S/C20H17N3O6S/c1-2-28-18(24)10-13-12-30-20(21-13)22-19(25)16-11-14(23(26)27)8-9-17(16)29-15-6-4-3-5-7-15/h3-9,11-12H,2,10H2,1H3,(H,21,22,25). The average Bonchev–Trinajstić information content (AvgIpc) is 3.15. The monoisotopic (exact) mass is 427 g/mol. The summed E-state index contributed by atoms with van der Waals surface area (Å²) in [6.07, 6.45) is -0.0145. The molecule has 0 spiro atoms. The first kappa shape index (κ1) is 20.9. The number of carbonyl (C=O) groups is 2. The topological polar surface area (TPSA) is 121 Å². The lowest BCUT2D eigenvalue weighted by atomic mass is 10.1. The van der Waals surface area contributed by atoms with Crippen LogP contribution in [0.1, 0.15) is 23.0 Å². The zero-order chi connectivity index (χ0) is 21.5. The molecule has 9 nitrogen and oxygen atoms in total. The molecule has 0 unspecified atom stereocenters. The second kappa shape index (κ2) is 9.61. The van der Waals surface area contributed by atoms with E-state index in [0.29, 0.717) is 11.4 Å². The van der Waals surface area contributed by atoms with Crippen LogP contribution in [0.3, 0.4) is 0 Å². The molecule has 30 heavy (non-hydrogen) atoms. The number of nitro benzene ring substituents is 1. The van der Waals surface area contributed by atoms with Gasteiger partial charge >= 0.3 is 5.97 Å². The fourth-order valence-corrected chi connectivity index (χ4v) is 3.19. The number of thiazole rings is 1. The first-order chi connectivity index (χ1) is 14.5. The van der Waals surface area contributed by atoms with Crippen molar-refractivity contribution in [2.24, 2.45) is 0 Å². The number of aromatic nitrogens is 1. The number of amides is 1. The Labute approximate surface area is 175 Å². The van der Waals surface area contributed by atoms with Gasteiger partial charge in [0.1, 0.15) is 11.5 Å². The second-order valence-electron chi connectivity index (χ2n) is 5.93. The highest BCUT2D eigenvalue weighted by molar-refractivity contribution is 7.14. The Morgan fingerprint density at radius 3 is 2.67 bits per heavy atom. The maximum atomic E-state index is 12.8. The number of rotatable bonds is 8. The van der Waals surface area contributed by atoms with Crippen molar-refractivity contribution in [2.45, 2.75) is 13.3 Å².